The number of aliphatic hydroxyl groups excluding tert-OH is 1. The predicted octanol–water partition coefficient (Wildman–Crippen LogP) is 3.07. The molecule has 1 spiro atoms. The zero-order valence-corrected chi connectivity index (χ0v) is 22.8. The molecule has 192 valence electrons. The van der Waals surface area contributed by atoms with Gasteiger partial charge in [-0.15, -0.1) is 11.8 Å². The molecule has 0 saturated carbocycles. The average Bonchev–Trinajstić information content (AvgIpc) is 3.43. The number of hydrogen-bond donors (Lipinski definition) is 2. The quantitative estimate of drug-likeness (QED) is 0.348. The normalized spacial score (nSPS) is 32.8. The second kappa shape index (κ2) is 10.3. The van der Waals surface area contributed by atoms with Crippen LogP contribution in [0.3, 0.4) is 0 Å². The Balaban J connectivity index is 1.76. The van der Waals surface area contributed by atoms with E-state index in [1.54, 1.807) is 55.0 Å². The highest BCUT2D eigenvalue weighted by atomic mass is 79.9. The number of benzene rings is 1. The lowest BCUT2D eigenvalue weighted by Crippen LogP contribution is -2.56. The zero-order valence-electron chi connectivity index (χ0n) is 20.4. The molecule has 2 N–H and O–H groups in total. The molecule has 8 atom stereocenters. The molecule has 3 saturated heterocycles. The lowest BCUT2D eigenvalue weighted by Gasteiger charge is -2.39. The van der Waals surface area contributed by atoms with Crippen LogP contribution in [0, 0.1) is 17.8 Å². The molecule has 3 aliphatic rings. The molecule has 1 aromatic rings. The molecule has 0 aliphatic carbocycles. The van der Waals surface area contributed by atoms with E-state index < -0.39 is 34.6 Å². The summed E-state index contributed by atoms with van der Waals surface area (Å²) >= 11 is 5.28. The summed E-state index contributed by atoms with van der Waals surface area (Å²) in [6.07, 6.45) is 1.31. The number of alkyl halides is 1. The number of anilines is 1. The maximum Gasteiger partial charge on any atom is 0.310 e. The third-order valence-corrected chi connectivity index (χ3v) is 11.0. The second-order valence-electron chi connectivity index (χ2n) is 9.51. The van der Waals surface area contributed by atoms with Gasteiger partial charge in [0.25, 0.3) is 0 Å². The van der Waals surface area contributed by atoms with Crippen LogP contribution >= 0.6 is 27.7 Å². The van der Waals surface area contributed by atoms with Crippen molar-refractivity contribution in [2.45, 2.75) is 60.5 Å². The molecule has 3 heterocycles. The van der Waals surface area contributed by atoms with Crippen molar-refractivity contribution in [3.05, 3.63) is 24.3 Å². The molecule has 35 heavy (non-hydrogen) atoms. The van der Waals surface area contributed by atoms with Crippen molar-refractivity contribution in [3.63, 3.8) is 0 Å². The van der Waals surface area contributed by atoms with Gasteiger partial charge in [-0.25, -0.2) is 0 Å². The molecule has 10 heteroatoms. The number of methoxy groups -OCH3 is 1. The molecular weight excluding hydrogens is 536 g/mol. The van der Waals surface area contributed by atoms with E-state index in [0.29, 0.717) is 17.9 Å². The number of nitrogens with one attached hydrogen (secondary N) is 1. The van der Waals surface area contributed by atoms with E-state index in [2.05, 4.69) is 21.2 Å². The fourth-order valence-electron chi connectivity index (χ4n) is 5.93. The zero-order chi connectivity index (χ0) is 25.5. The van der Waals surface area contributed by atoms with Crippen LogP contribution in [-0.2, 0) is 19.1 Å². The lowest BCUT2D eigenvalue weighted by atomic mass is 9.71. The van der Waals surface area contributed by atoms with Crippen molar-refractivity contribution >= 4 is 51.2 Å². The first-order valence-corrected chi connectivity index (χ1v) is 13.9. The van der Waals surface area contributed by atoms with E-state index in [1.807, 2.05) is 13.8 Å². The third kappa shape index (κ3) is 4.25. The first kappa shape index (κ1) is 26.3. The summed E-state index contributed by atoms with van der Waals surface area (Å²) in [5.41, 5.74) is 0.585. The van der Waals surface area contributed by atoms with E-state index in [0.717, 1.165) is 6.42 Å². The second-order valence-corrected chi connectivity index (χ2v) is 12.2. The van der Waals surface area contributed by atoms with Crippen molar-refractivity contribution in [3.8, 4) is 5.75 Å². The Hall–Kier alpha value is -1.78. The van der Waals surface area contributed by atoms with Gasteiger partial charge >= 0.3 is 5.97 Å². The van der Waals surface area contributed by atoms with Crippen LogP contribution in [-0.4, -0.2) is 75.0 Å². The molecule has 2 amide bonds. The van der Waals surface area contributed by atoms with Crippen LogP contribution in [0.15, 0.2) is 24.3 Å². The minimum Gasteiger partial charge on any atom is -0.497 e. The molecule has 8 nitrogen and oxygen atoms in total. The lowest BCUT2D eigenvalue weighted by molar-refractivity contribution is -0.154. The van der Waals surface area contributed by atoms with Gasteiger partial charge in [0.05, 0.1) is 42.9 Å². The van der Waals surface area contributed by atoms with Crippen LogP contribution in [0.25, 0.3) is 0 Å². The minimum absolute atomic E-state index is 0.0292. The van der Waals surface area contributed by atoms with Crippen molar-refractivity contribution in [2.75, 3.05) is 25.6 Å². The Morgan fingerprint density at radius 3 is 2.57 bits per heavy atom. The molecule has 3 fully saturated rings. The van der Waals surface area contributed by atoms with Gasteiger partial charge in [-0.1, -0.05) is 36.2 Å². The van der Waals surface area contributed by atoms with Gasteiger partial charge in [0.1, 0.15) is 11.8 Å². The van der Waals surface area contributed by atoms with E-state index >= 15 is 0 Å². The Bertz CT molecular complexity index is 977. The van der Waals surface area contributed by atoms with Crippen molar-refractivity contribution in [1.82, 2.24) is 4.90 Å². The summed E-state index contributed by atoms with van der Waals surface area (Å²) in [7, 11) is 1.57. The number of ether oxygens (including phenoxy) is 2. The van der Waals surface area contributed by atoms with E-state index in [9.17, 15) is 19.5 Å². The van der Waals surface area contributed by atoms with Gasteiger partial charge in [-0.3, -0.25) is 14.4 Å². The SMILES string of the molecule is CCOC(=O)[C@H]1[C@@H]2SC3(CC2Br)C(C(=O)Nc2ccc(OC)cc2)N([C@@H](CO)[C@@H](C)CC)C(=O)[C@H]13. The van der Waals surface area contributed by atoms with Crippen LogP contribution in [0.5, 0.6) is 5.75 Å². The number of rotatable bonds is 9. The minimum atomic E-state index is -0.831. The van der Waals surface area contributed by atoms with Gasteiger partial charge < -0.3 is 24.8 Å². The fourth-order valence-corrected chi connectivity index (χ4v) is 9.52. The number of carbonyl (C=O) groups excluding carboxylic acids is 3. The van der Waals surface area contributed by atoms with Gasteiger partial charge in [-0.05, 0) is 43.5 Å². The van der Waals surface area contributed by atoms with Crippen molar-refractivity contribution in [1.29, 1.82) is 0 Å². The monoisotopic (exact) mass is 568 g/mol. The smallest absolute Gasteiger partial charge is 0.310 e. The largest absolute Gasteiger partial charge is 0.497 e. The van der Waals surface area contributed by atoms with Crippen LogP contribution in [0.4, 0.5) is 5.69 Å². The Morgan fingerprint density at radius 2 is 2.00 bits per heavy atom. The number of fused-ring (bicyclic) bond motifs is 1. The maximum atomic E-state index is 14.1. The highest BCUT2D eigenvalue weighted by molar-refractivity contribution is 9.09. The topological polar surface area (TPSA) is 105 Å². The number of halogens is 1. The predicted molar refractivity (Wildman–Crippen MR) is 138 cm³/mol. The molecule has 2 bridgehead atoms. The molecule has 3 unspecified atom stereocenters. The highest BCUT2D eigenvalue weighted by Crippen LogP contribution is 2.68. The number of carbonyl (C=O) groups is 3. The van der Waals surface area contributed by atoms with Crippen LogP contribution in [0.2, 0.25) is 0 Å². The summed E-state index contributed by atoms with van der Waals surface area (Å²) in [5, 5.41) is 13.2. The standard InChI is InChI=1S/C25H33BrN2O6S/c1-5-13(3)17(12-29)28-21(22(30)27-14-7-9-15(33-4)10-8-14)25-11-16(26)20(35-25)18(19(25)23(28)31)24(32)34-6-2/h7-10,13,16-21,29H,5-6,11-12H2,1-4H3,(H,27,30)/t13-,16?,17-,18+,19-,20+,21?,25?/m0/s1. The van der Waals surface area contributed by atoms with Crippen molar-refractivity contribution < 1.29 is 29.0 Å². The Morgan fingerprint density at radius 1 is 1.31 bits per heavy atom. The van der Waals surface area contributed by atoms with E-state index in [4.69, 9.17) is 9.47 Å². The first-order valence-electron chi connectivity index (χ1n) is 12.1. The first-order chi connectivity index (χ1) is 16.7. The fraction of sp³-hybridized carbons (Fsp3) is 0.640. The van der Waals surface area contributed by atoms with Crippen LogP contribution in [0.1, 0.15) is 33.6 Å². The Labute approximate surface area is 218 Å². The summed E-state index contributed by atoms with van der Waals surface area (Å²) in [4.78, 5) is 42.6. The van der Waals surface area contributed by atoms with Gasteiger partial charge in [0.2, 0.25) is 11.8 Å². The van der Waals surface area contributed by atoms with Gasteiger partial charge in [-0.2, -0.15) is 0 Å². The summed E-state index contributed by atoms with van der Waals surface area (Å²) in [6, 6.07) is 5.65. The number of esters is 1. The number of aliphatic hydroxyl groups is 1. The molecule has 3 aliphatic heterocycles. The molecular formula is C25H33BrN2O6S. The highest BCUT2D eigenvalue weighted by Gasteiger charge is 2.76. The Kier molecular flexibility index (Phi) is 7.74. The third-order valence-electron chi connectivity index (χ3n) is 7.74. The average molecular weight is 570 g/mol. The number of likely N-dealkylation sites (tertiary alicyclic amines) is 1. The van der Waals surface area contributed by atoms with E-state index in [-0.39, 0.29) is 41.0 Å². The summed E-state index contributed by atoms with van der Waals surface area (Å²) in [5.74, 6) is -1.62. The van der Waals surface area contributed by atoms with Crippen molar-refractivity contribution in [2.24, 2.45) is 17.8 Å². The number of nitrogens with zero attached hydrogens (tertiary/aromatic N) is 1. The molecule has 1 aromatic carbocycles. The number of thioether (sulfide) groups is 1. The number of hydrogen-bond acceptors (Lipinski definition) is 7. The summed E-state index contributed by atoms with van der Waals surface area (Å²) in [6.45, 7) is 5.68. The van der Waals surface area contributed by atoms with Crippen LogP contribution < -0.4 is 10.1 Å². The molecule has 0 radical (unpaired) electrons. The maximum absolute atomic E-state index is 14.1. The van der Waals surface area contributed by atoms with Gasteiger partial charge in [0, 0.05) is 15.8 Å². The molecule has 4 rings (SSSR count). The molecule has 0 aromatic heterocycles. The summed E-state index contributed by atoms with van der Waals surface area (Å²) < 4.78 is 9.80. The van der Waals surface area contributed by atoms with E-state index in [1.165, 1.54) is 0 Å². The van der Waals surface area contributed by atoms with Gasteiger partial charge in [0.15, 0.2) is 0 Å². The number of amides is 2.